The Kier molecular flexibility index (Phi) is 3.88. The summed E-state index contributed by atoms with van der Waals surface area (Å²) in [6, 6.07) is 4.18. The number of nitrogens with zero attached hydrogens (tertiary/aromatic N) is 2. The SMILES string of the molecule is O=[N+]([O-])c1cccc(CN2CCC[C@H](O)C2)c1F. The zero-order valence-corrected chi connectivity index (χ0v) is 9.88. The van der Waals surface area contributed by atoms with Crippen LogP contribution in [0.4, 0.5) is 10.1 Å². The second kappa shape index (κ2) is 5.41. The summed E-state index contributed by atoms with van der Waals surface area (Å²) in [7, 11) is 0. The third-order valence-electron chi connectivity index (χ3n) is 3.13. The molecule has 1 saturated heterocycles. The normalized spacial score (nSPS) is 20.9. The number of benzene rings is 1. The lowest BCUT2D eigenvalue weighted by Gasteiger charge is -2.29. The van der Waals surface area contributed by atoms with E-state index in [4.69, 9.17) is 0 Å². The predicted molar refractivity (Wildman–Crippen MR) is 63.6 cm³/mol. The molecule has 2 rings (SSSR count). The highest BCUT2D eigenvalue weighted by molar-refractivity contribution is 5.36. The molecule has 98 valence electrons. The van der Waals surface area contributed by atoms with Crippen LogP contribution in [0.3, 0.4) is 0 Å². The zero-order chi connectivity index (χ0) is 13.1. The Morgan fingerprint density at radius 2 is 2.33 bits per heavy atom. The van der Waals surface area contributed by atoms with Gasteiger partial charge in [0, 0.05) is 24.7 Å². The van der Waals surface area contributed by atoms with E-state index in [-0.39, 0.29) is 6.10 Å². The molecule has 0 aromatic heterocycles. The molecule has 1 aliphatic rings. The molecule has 0 radical (unpaired) electrons. The highest BCUT2D eigenvalue weighted by Gasteiger charge is 2.22. The zero-order valence-electron chi connectivity index (χ0n) is 9.88. The number of β-amino-alcohol motifs (C(OH)–C–C–N with tert-alkyl or cyclic N) is 1. The van der Waals surface area contributed by atoms with Gasteiger partial charge in [-0.2, -0.15) is 4.39 Å². The maximum absolute atomic E-state index is 13.8. The minimum absolute atomic E-state index is 0.296. The van der Waals surface area contributed by atoms with Crippen LogP contribution in [-0.2, 0) is 6.54 Å². The van der Waals surface area contributed by atoms with Crippen molar-refractivity contribution in [2.45, 2.75) is 25.5 Å². The van der Waals surface area contributed by atoms with E-state index in [1.54, 1.807) is 6.07 Å². The first kappa shape index (κ1) is 12.9. The maximum Gasteiger partial charge on any atom is 0.305 e. The van der Waals surface area contributed by atoms with Gasteiger partial charge in [0.1, 0.15) is 0 Å². The molecule has 6 heteroatoms. The predicted octanol–water partition coefficient (Wildman–Crippen LogP) is 1.69. The summed E-state index contributed by atoms with van der Waals surface area (Å²) in [5.41, 5.74) is -0.191. The van der Waals surface area contributed by atoms with Crippen LogP contribution in [0.1, 0.15) is 18.4 Å². The highest BCUT2D eigenvalue weighted by atomic mass is 19.1. The Hall–Kier alpha value is -1.53. The van der Waals surface area contributed by atoms with Crippen molar-refractivity contribution in [3.05, 3.63) is 39.7 Å². The van der Waals surface area contributed by atoms with Gasteiger partial charge in [-0.1, -0.05) is 12.1 Å². The molecule has 0 unspecified atom stereocenters. The van der Waals surface area contributed by atoms with Gasteiger partial charge in [-0.25, -0.2) is 0 Å². The summed E-state index contributed by atoms with van der Waals surface area (Å²) >= 11 is 0. The molecule has 1 aliphatic heterocycles. The van der Waals surface area contributed by atoms with Crippen molar-refractivity contribution in [3.8, 4) is 0 Å². The van der Waals surface area contributed by atoms with Crippen LogP contribution in [0.5, 0.6) is 0 Å². The van der Waals surface area contributed by atoms with Crippen molar-refractivity contribution in [3.63, 3.8) is 0 Å². The van der Waals surface area contributed by atoms with Crippen LogP contribution in [-0.4, -0.2) is 34.1 Å². The van der Waals surface area contributed by atoms with Gasteiger partial charge in [0.05, 0.1) is 11.0 Å². The summed E-state index contributed by atoms with van der Waals surface area (Å²) < 4.78 is 13.8. The van der Waals surface area contributed by atoms with Crippen LogP contribution in [0.25, 0.3) is 0 Å². The van der Waals surface area contributed by atoms with Gasteiger partial charge in [0.25, 0.3) is 0 Å². The van der Waals surface area contributed by atoms with Gasteiger partial charge in [-0.3, -0.25) is 15.0 Å². The Balaban J connectivity index is 2.14. The summed E-state index contributed by atoms with van der Waals surface area (Å²) in [4.78, 5) is 11.8. The van der Waals surface area contributed by atoms with E-state index in [9.17, 15) is 19.6 Å². The number of halogens is 1. The molecule has 0 bridgehead atoms. The Bertz CT molecular complexity index is 453. The van der Waals surface area contributed by atoms with E-state index < -0.39 is 16.4 Å². The summed E-state index contributed by atoms with van der Waals surface area (Å²) in [6.45, 7) is 1.56. The van der Waals surface area contributed by atoms with E-state index in [0.29, 0.717) is 18.7 Å². The quantitative estimate of drug-likeness (QED) is 0.658. The molecule has 1 aromatic rings. The van der Waals surface area contributed by atoms with Gasteiger partial charge in [-0.05, 0) is 19.4 Å². The number of piperidine rings is 1. The Labute approximate surface area is 104 Å². The topological polar surface area (TPSA) is 66.6 Å². The van der Waals surface area contributed by atoms with Gasteiger partial charge < -0.3 is 5.11 Å². The average molecular weight is 254 g/mol. The van der Waals surface area contributed by atoms with Gasteiger partial charge >= 0.3 is 5.69 Å². The number of likely N-dealkylation sites (tertiary alicyclic amines) is 1. The fraction of sp³-hybridized carbons (Fsp3) is 0.500. The molecule has 5 nitrogen and oxygen atoms in total. The first-order valence-electron chi connectivity index (χ1n) is 5.90. The average Bonchev–Trinajstić information content (AvgIpc) is 2.31. The van der Waals surface area contributed by atoms with Gasteiger partial charge in [0.2, 0.25) is 5.82 Å². The van der Waals surface area contributed by atoms with Crippen molar-refractivity contribution in [1.82, 2.24) is 4.90 Å². The number of hydrogen-bond acceptors (Lipinski definition) is 4. The number of rotatable bonds is 3. The van der Waals surface area contributed by atoms with Crippen LogP contribution in [0, 0.1) is 15.9 Å². The van der Waals surface area contributed by atoms with Crippen molar-refractivity contribution >= 4 is 5.69 Å². The summed E-state index contributed by atoms with van der Waals surface area (Å²) in [5.74, 6) is -0.775. The van der Waals surface area contributed by atoms with Crippen molar-refractivity contribution < 1.29 is 14.4 Å². The van der Waals surface area contributed by atoms with Gasteiger partial charge in [-0.15, -0.1) is 0 Å². The largest absolute Gasteiger partial charge is 0.392 e. The maximum atomic E-state index is 13.8. The van der Waals surface area contributed by atoms with Crippen LogP contribution in [0.2, 0.25) is 0 Å². The molecule has 0 aliphatic carbocycles. The summed E-state index contributed by atoms with van der Waals surface area (Å²) in [5, 5.41) is 20.2. The molecule has 0 amide bonds. The monoisotopic (exact) mass is 254 g/mol. The molecular formula is C12H15FN2O3. The molecule has 1 heterocycles. The third-order valence-corrected chi connectivity index (χ3v) is 3.13. The molecule has 1 aromatic carbocycles. The minimum atomic E-state index is -0.775. The van der Waals surface area contributed by atoms with E-state index in [0.717, 1.165) is 25.5 Å². The lowest BCUT2D eigenvalue weighted by Crippen LogP contribution is -2.37. The molecule has 1 fully saturated rings. The first-order chi connectivity index (χ1) is 8.58. The Morgan fingerprint density at radius 1 is 1.56 bits per heavy atom. The molecule has 0 spiro atoms. The number of nitro benzene ring substituents is 1. The summed E-state index contributed by atoms with van der Waals surface area (Å²) in [6.07, 6.45) is 1.23. The first-order valence-corrected chi connectivity index (χ1v) is 5.90. The number of aliphatic hydroxyl groups excluding tert-OH is 1. The molecule has 1 N–H and O–H groups in total. The van der Waals surface area contributed by atoms with Gasteiger partial charge in [0.15, 0.2) is 0 Å². The van der Waals surface area contributed by atoms with Crippen molar-refractivity contribution in [2.24, 2.45) is 0 Å². The molecule has 0 saturated carbocycles. The second-order valence-corrected chi connectivity index (χ2v) is 4.54. The number of hydrogen-bond donors (Lipinski definition) is 1. The van der Waals surface area contributed by atoms with Crippen LogP contribution in [0.15, 0.2) is 18.2 Å². The number of nitro groups is 1. The smallest absolute Gasteiger partial charge is 0.305 e. The van der Waals surface area contributed by atoms with E-state index in [1.165, 1.54) is 6.07 Å². The van der Waals surface area contributed by atoms with Crippen LogP contribution >= 0.6 is 0 Å². The molecule has 18 heavy (non-hydrogen) atoms. The lowest BCUT2D eigenvalue weighted by atomic mass is 10.1. The Morgan fingerprint density at radius 3 is 3.00 bits per heavy atom. The molecule has 1 atom stereocenters. The second-order valence-electron chi connectivity index (χ2n) is 4.54. The molecular weight excluding hydrogens is 239 g/mol. The van der Waals surface area contributed by atoms with E-state index >= 15 is 0 Å². The van der Waals surface area contributed by atoms with E-state index in [1.807, 2.05) is 4.90 Å². The fourth-order valence-corrected chi connectivity index (χ4v) is 2.25. The lowest BCUT2D eigenvalue weighted by molar-refractivity contribution is -0.387. The highest BCUT2D eigenvalue weighted by Crippen LogP contribution is 2.22. The van der Waals surface area contributed by atoms with E-state index in [2.05, 4.69) is 0 Å². The van der Waals surface area contributed by atoms with Crippen molar-refractivity contribution in [1.29, 1.82) is 0 Å². The van der Waals surface area contributed by atoms with Crippen LogP contribution < -0.4 is 0 Å². The standard InChI is InChI=1S/C12H15FN2O3/c13-12-9(3-1-5-11(12)15(17)18)7-14-6-2-4-10(16)8-14/h1,3,5,10,16H,2,4,6-8H2/t10-/m0/s1. The minimum Gasteiger partial charge on any atom is -0.392 e. The fourth-order valence-electron chi connectivity index (χ4n) is 2.25. The van der Waals surface area contributed by atoms with Crippen molar-refractivity contribution in [2.75, 3.05) is 13.1 Å². The number of aliphatic hydroxyl groups is 1. The third kappa shape index (κ3) is 2.83.